The number of amides is 2. The van der Waals surface area contributed by atoms with E-state index >= 15 is 0 Å². The fraction of sp³-hybridized carbons (Fsp3) is 0.476. The van der Waals surface area contributed by atoms with E-state index in [1.165, 1.54) is 11.8 Å². The minimum atomic E-state index is -1.66. The summed E-state index contributed by atoms with van der Waals surface area (Å²) in [7, 11) is -1.66. The largest absolute Gasteiger partial charge is 0.481 e. The van der Waals surface area contributed by atoms with Crippen molar-refractivity contribution in [2.75, 3.05) is 17.6 Å². The van der Waals surface area contributed by atoms with Crippen LogP contribution in [0.15, 0.2) is 40.7 Å². The first-order chi connectivity index (χ1) is 14.4. The molecule has 0 spiro atoms. The van der Waals surface area contributed by atoms with Crippen LogP contribution in [-0.4, -0.2) is 49.5 Å². The highest BCUT2D eigenvalue weighted by Gasteiger charge is 2.28. The van der Waals surface area contributed by atoms with E-state index in [1.807, 2.05) is 23.1 Å². The Labute approximate surface area is 183 Å². The molecule has 30 heavy (non-hydrogen) atoms. The Kier molecular flexibility index (Phi) is 7.98. The van der Waals surface area contributed by atoms with Gasteiger partial charge in [0.1, 0.15) is 9.96 Å². The van der Waals surface area contributed by atoms with E-state index < -0.39 is 22.5 Å². The summed E-state index contributed by atoms with van der Waals surface area (Å²) >= 11 is 1.06. The number of thiazole rings is 1. The van der Waals surface area contributed by atoms with Crippen LogP contribution >= 0.6 is 11.3 Å². The van der Waals surface area contributed by atoms with Gasteiger partial charge in [-0.3, -0.25) is 14.3 Å². The number of carboxylic acid groups (broad SMARTS) is 1. The Morgan fingerprint density at radius 3 is 2.60 bits per heavy atom. The predicted molar refractivity (Wildman–Crippen MR) is 118 cm³/mol. The molecule has 1 aromatic heterocycles. The molecule has 162 valence electrons. The first-order valence-electron chi connectivity index (χ1n) is 10.1. The summed E-state index contributed by atoms with van der Waals surface area (Å²) in [6.07, 6.45) is 6.32. The van der Waals surface area contributed by atoms with E-state index in [1.54, 1.807) is 0 Å². The maximum atomic E-state index is 13.1. The highest BCUT2D eigenvalue weighted by atomic mass is 32.2. The zero-order valence-corrected chi connectivity index (χ0v) is 18.6. The van der Waals surface area contributed by atoms with Gasteiger partial charge >= 0.3 is 12.0 Å². The third-order valence-electron chi connectivity index (χ3n) is 5.35. The molecule has 1 aliphatic carbocycles. The number of carboxylic acids is 1. The third-order valence-corrected chi connectivity index (χ3v) is 7.93. The molecule has 2 aromatic rings. The molecule has 1 aliphatic rings. The van der Waals surface area contributed by atoms with Gasteiger partial charge in [-0.2, -0.15) is 0 Å². The van der Waals surface area contributed by atoms with Crippen molar-refractivity contribution in [3.05, 3.63) is 42.1 Å². The van der Waals surface area contributed by atoms with E-state index in [4.69, 9.17) is 5.11 Å². The van der Waals surface area contributed by atoms with Crippen molar-refractivity contribution in [2.24, 2.45) is 5.92 Å². The van der Waals surface area contributed by atoms with E-state index in [0.717, 1.165) is 43.4 Å². The number of anilines is 1. The van der Waals surface area contributed by atoms with Crippen LogP contribution in [-0.2, 0) is 22.0 Å². The molecule has 0 aliphatic heterocycles. The summed E-state index contributed by atoms with van der Waals surface area (Å²) in [5.41, 5.74) is 1.18. The molecule has 9 heteroatoms. The molecule has 1 fully saturated rings. The van der Waals surface area contributed by atoms with Gasteiger partial charge in [-0.05, 0) is 43.6 Å². The quantitative estimate of drug-likeness (QED) is 0.635. The van der Waals surface area contributed by atoms with Gasteiger partial charge in [-0.15, -0.1) is 0 Å². The smallest absolute Gasteiger partial charge is 0.323 e. The van der Waals surface area contributed by atoms with Crippen LogP contribution in [0, 0.1) is 5.92 Å². The molecular formula is C21H27N3O4S2. The van der Waals surface area contributed by atoms with Gasteiger partial charge in [-0.1, -0.05) is 48.6 Å². The second-order valence-corrected chi connectivity index (χ2v) is 10.3. The second-order valence-electron chi connectivity index (χ2n) is 7.64. The average Bonchev–Trinajstić information content (AvgIpc) is 3.18. The summed E-state index contributed by atoms with van der Waals surface area (Å²) < 4.78 is 12.3. The van der Waals surface area contributed by atoms with Gasteiger partial charge in [0.15, 0.2) is 5.13 Å². The number of nitrogens with one attached hydrogen (secondary N) is 1. The number of aromatic nitrogens is 1. The topological polar surface area (TPSA) is 99.6 Å². The lowest BCUT2D eigenvalue weighted by Gasteiger charge is -2.36. The lowest BCUT2D eigenvalue weighted by atomic mass is 9.86. The van der Waals surface area contributed by atoms with Crippen LogP contribution in [0.25, 0.3) is 0 Å². The highest BCUT2D eigenvalue weighted by molar-refractivity contribution is 7.88. The Balaban J connectivity index is 1.67. The minimum Gasteiger partial charge on any atom is -0.481 e. The molecule has 7 nitrogen and oxygen atoms in total. The lowest BCUT2D eigenvalue weighted by Crippen LogP contribution is -2.45. The zero-order valence-electron chi connectivity index (χ0n) is 17.0. The SMILES string of the molecule is CC1CCC(N(CCc2ccccc2)C(=O)Nc2ncc(S(=O)CC(=O)O)s2)CC1. The summed E-state index contributed by atoms with van der Waals surface area (Å²) in [6, 6.07) is 10.1. The summed E-state index contributed by atoms with van der Waals surface area (Å²) in [5, 5.41) is 12.0. The number of rotatable bonds is 8. The van der Waals surface area contributed by atoms with Crippen molar-refractivity contribution in [1.29, 1.82) is 0 Å². The Morgan fingerprint density at radius 2 is 1.93 bits per heavy atom. The van der Waals surface area contributed by atoms with Gasteiger partial charge in [-0.25, -0.2) is 9.78 Å². The monoisotopic (exact) mass is 449 g/mol. The van der Waals surface area contributed by atoms with Gasteiger partial charge in [0.2, 0.25) is 0 Å². The fourth-order valence-electron chi connectivity index (χ4n) is 3.67. The fourth-order valence-corrected chi connectivity index (χ4v) is 5.53. The average molecular weight is 450 g/mol. The number of aliphatic carboxylic acids is 1. The van der Waals surface area contributed by atoms with Crippen molar-refractivity contribution < 1.29 is 18.9 Å². The number of nitrogens with zero attached hydrogens (tertiary/aromatic N) is 2. The molecule has 3 rings (SSSR count). The number of carbonyl (C=O) groups excluding carboxylic acids is 1. The molecule has 2 amide bonds. The number of urea groups is 1. The number of carbonyl (C=O) groups is 2. The van der Waals surface area contributed by atoms with Crippen LogP contribution in [0.3, 0.4) is 0 Å². The highest BCUT2D eigenvalue weighted by Crippen LogP contribution is 2.28. The second kappa shape index (κ2) is 10.7. The van der Waals surface area contributed by atoms with Crippen LogP contribution in [0.2, 0.25) is 0 Å². The third kappa shape index (κ3) is 6.37. The molecule has 1 atom stereocenters. The van der Waals surface area contributed by atoms with Crippen molar-refractivity contribution in [1.82, 2.24) is 9.88 Å². The lowest BCUT2D eigenvalue weighted by molar-refractivity contribution is -0.133. The Bertz CT molecular complexity index is 879. The van der Waals surface area contributed by atoms with Crippen molar-refractivity contribution >= 4 is 39.3 Å². The maximum Gasteiger partial charge on any atom is 0.323 e. The van der Waals surface area contributed by atoms with Gasteiger partial charge in [0, 0.05) is 12.6 Å². The van der Waals surface area contributed by atoms with E-state index in [-0.39, 0.29) is 12.1 Å². The summed E-state index contributed by atoms with van der Waals surface area (Å²) in [5.74, 6) is -0.920. The molecule has 1 saturated carbocycles. The Hall–Kier alpha value is -2.26. The van der Waals surface area contributed by atoms with Crippen LogP contribution < -0.4 is 5.32 Å². The molecule has 0 saturated heterocycles. The molecule has 0 radical (unpaired) electrons. The molecule has 1 heterocycles. The predicted octanol–water partition coefficient (Wildman–Crippen LogP) is 3.99. The molecule has 1 aromatic carbocycles. The normalized spacial score (nSPS) is 19.8. The molecular weight excluding hydrogens is 422 g/mol. The van der Waals surface area contributed by atoms with Crippen LogP contribution in [0.5, 0.6) is 0 Å². The first kappa shape index (κ1) is 22.4. The van der Waals surface area contributed by atoms with Crippen molar-refractivity contribution in [3.8, 4) is 0 Å². The molecule has 0 bridgehead atoms. The van der Waals surface area contributed by atoms with Gasteiger partial charge in [0.25, 0.3) is 0 Å². The van der Waals surface area contributed by atoms with Crippen LogP contribution in [0.1, 0.15) is 38.2 Å². The summed E-state index contributed by atoms with van der Waals surface area (Å²) in [6.45, 7) is 2.86. The number of benzene rings is 1. The van der Waals surface area contributed by atoms with Crippen molar-refractivity contribution in [3.63, 3.8) is 0 Å². The minimum absolute atomic E-state index is 0.186. The van der Waals surface area contributed by atoms with E-state index in [2.05, 4.69) is 29.4 Å². The number of hydrogen-bond donors (Lipinski definition) is 2. The van der Waals surface area contributed by atoms with Crippen molar-refractivity contribution in [2.45, 2.75) is 49.3 Å². The Morgan fingerprint density at radius 1 is 1.23 bits per heavy atom. The van der Waals surface area contributed by atoms with Gasteiger partial charge < -0.3 is 10.0 Å². The van der Waals surface area contributed by atoms with Gasteiger partial charge in [0.05, 0.1) is 17.0 Å². The van der Waals surface area contributed by atoms with Crippen LogP contribution in [0.4, 0.5) is 9.93 Å². The van der Waals surface area contributed by atoms with E-state index in [0.29, 0.717) is 21.8 Å². The zero-order chi connectivity index (χ0) is 21.5. The molecule has 1 unspecified atom stereocenters. The standard InChI is InChI=1S/C21H27N3O4S2/c1-15-7-9-17(10-8-15)24(12-11-16-5-3-2-4-6-16)21(27)23-20-22-13-19(29-20)30(28)14-18(25)26/h2-6,13,15,17H,7-12,14H2,1H3,(H,25,26)(H,22,23,27). The first-order valence-corrected chi connectivity index (χ1v) is 12.2. The summed E-state index contributed by atoms with van der Waals surface area (Å²) in [4.78, 5) is 29.9. The number of hydrogen-bond acceptors (Lipinski definition) is 5. The van der Waals surface area contributed by atoms with E-state index in [9.17, 15) is 13.8 Å². The molecule has 2 N–H and O–H groups in total. The maximum absolute atomic E-state index is 13.1.